The molecule has 2 amide bonds. The van der Waals surface area contributed by atoms with Crippen LogP contribution in [-0.2, 0) is 9.59 Å². The van der Waals surface area contributed by atoms with Crippen LogP contribution in [0.2, 0.25) is 0 Å². The summed E-state index contributed by atoms with van der Waals surface area (Å²) in [7, 11) is 1.72. The number of carbonyl (C=O) groups excluding carboxylic acids is 2. The van der Waals surface area contributed by atoms with Crippen LogP contribution in [0.4, 0.5) is 11.4 Å². The van der Waals surface area contributed by atoms with E-state index in [9.17, 15) is 9.59 Å². The van der Waals surface area contributed by atoms with Crippen LogP contribution in [0.25, 0.3) is 0 Å². The summed E-state index contributed by atoms with van der Waals surface area (Å²) in [4.78, 5) is 27.1. The van der Waals surface area contributed by atoms with Gasteiger partial charge in [-0.3, -0.25) is 9.59 Å². The molecule has 0 radical (unpaired) electrons. The van der Waals surface area contributed by atoms with E-state index in [0.29, 0.717) is 18.5 Å². The fourth-order valence-electron chi connectivity index (χ4n) is 2.73. The van der Waals surface area contributed by atoms with Crippen molar-refractivity contribution in [2.45, 2.75) is 19.8 Å². The van der Waals surface area contributed by atoms with E-state index < -0.39 is 5.41 Å². The lowest BCUT2D eigenvalue weighted by molar-refractivity contribution is -0.132. The van der Waals surface area contributed by atoms with Crippen molar-refractivity contribution in [1.82, 2.24) is 0 Å². The van der Waals surface area contributed by atoms with Crippen molar-refractivity contribution in [2.75, 3.05) is 17.3 Å². The Morgan fingerprint density at radius 2 is 1.79 bits per heavy atom. The second kappa shape index (κ2) is 6.40. The highest BCUT2D eigenvalue weighted by Crippen LogP contribution is 2.48. The third-order valence-corrected chi connectivity index (χ3v) is 5.35. The van der Waals surface area contributed by atoms with Gasteiger partial charge in [0.1, 0.15) is 5.41 Å². The van der Waals surface area contributed by atoms with Crippen LogP contribution in [0.3, 0.4) is 0 Å². The fraction of sp³-hybridized carbons (Fsp3) is 0.263. The Labute approximate surface area is 150 Å². The molecule has 1 fully saturated rings. The maximum absolute atomic E-state index is 12.8. The van der Waals surface area contributed by atoms with E-state index in [1.54, 1.807) is 11.9 Å². The highest BCUT2D eigenvalue weighted by molar-refractivity contribution is 9.10. The van der Waals surface area contributed by atoms with Gasteiger partial charge in [-0.05, 0) is 55.7 Å². The summed E-state index contributed by atoms with van der Waals surface area (Å²) < 4.78 is 0.988. The zero-order valence-electron chi connectivity index (χ0n) is 13.7. The maximum atomic E-state index is 12.8. The number of anilines is 2. The van der Waals surface area contributed by atoms with E-state index in [2.05, 4.69) is 21.2 Å². The van der Waals surface area contributed by atoms with E-state index in [1.807, 2.05) is 55.5 Å². The minimum Gasteiger partial charge on any atom is -0.325 e. The fourth-order valence-corrected chi connectivity index (χ4v) is 2.97. The minimum atomic E-state index is -0.939. The first-order chi connectivity index (χ1) is 11.4. The van der Waals surface area contributed by atoms with Gasteiger partial charge in [-0.15, -0.1) is 0 Å². The number of amides is 2. The topological polar surface area (TPSA) is 49.4 Å². The molecule has 1 N–H and O–H groups in total. The van der Waals surface area contributed by atoms with E-state index in [1.165, 1.54) is 0 Å². The van der Waals surface area contributed by atoms with Crippen LogP contribution in [0.1, 0.15) is 18.4 Å². The van der Waals surface area contributed by atoms with Crippen molar-refractivity contribution in [3.05, 3.63) is 58.6 Å². The van der Waals surface area contributed by atoms with Crippen LogP contribution >= 0.6 is 15.9 Å². The Morgan fingerprint density at radius 3 is 2.38 bits per heavy atom. The number of para-hydroxylation sites is 1. The number of nitrogens with zero attached hydrogens (tertiary/aromatic N) is 1. The zero-order chi connectivity index (χ0) is 17.3. The van der Waals surface area contributed by atoms with Gasteiger partial charge in [-0.1, -0.05) is 34.1 Å². The van der Waals surface area contributed by atoms with Crippen molar-refractivity contribution < 1.29 is 9.59 Å². The van der Waals surface area contributed by atoms with Gasteiger partial charge in [0, 0.05) is 22.9 Å². The molecule has 3 rings (SSSR count). The zero-order valence-corrected chi connectivity index (χ0v) is 15.3. The van der Waals surface area contributed by atoms with Crippen LogP contribution in [0.5, 0.6) is 0 Å². The predicted molar refractivity (Wildman–Crippen MR) is 99.0 cm³/mol. The first-order valence-corrected chi connectivity index (χ1v) is 8.64. The molecule has 5 heteroatoms. The van der Waals surface area contributed by atoms with Crippen LogP contribution in [0.15, 0.2) is 53.0 Å². The molecule has 24 heavy (non-hydrogen) atoms. The number of carbonyl (C=O) groups is 2. The molecule has 1 aliphatic rings. The van der Waals surface area contributed by atoms with Crippen molar-refractivity contribution in [2.24, 2.45) is 5.41 Å². The molecule has 4 nitrogen and oxygen atoms in total. The lowest BCUT2D eigenvalue weighted by atomic mass is 10.0. The third kappa shape index (κ3) is 3.08. The largest absolute Gasteiger partial charge is 0.325 e. The average molecular weight is 387 g/mol. The molecule has 0 spiro atoms. The smallest absolute Gasteiger partial charge is 0.242 e. The Hall–Kier alpha value is -2.14. The minimum absolute atomic E-state index is 0.153. The summed E-state index contributed by atoms with van der Waals surface area (Å²) in [6.07, 6.45) is 1.18. The van der Waals surface area contributed by atoms with Crippen LogP contribution in [0, 0.1) is 12.3 Å². The number of hydrogen-bond donors (Lipinski definition) is 1. The number of nitrogens with one attached hydrogen (secondary N) is 1. The molecule has 0 unspecified atom stereocenters. The first kappa shape index (κ1) is 16.7. The highest BCUT2D eigenvalue weighted by atomic mass is 79.9. The van der Waals surface area contributed by atoms with E-state index in [0.717, 1.165) is 15.7 Å². The van der Waals surface area contributed by atoms with Gasteiger partial charge < -0.3 is 10.2 Å². The molecule has 0 bridgehead atoms. The van der Waals surface area contributed by atoms with Gasteiger partial charge >= 0.3 is 0 Å². The maximum Gasteiger partial charge on any atom is 0.242 e. The van der Waals surface area contributed by atoms with Gasteiger partial charge in [0.05, 0.1) is 0 Å². The van der Waals surface area contributed by atoms with Crippen molar-refractivity contribution >= 4 is 39.1 Å². The summed E-state index contributed by atoms with van der Waals surface area (Å²) in [5, 5.41) is 2.89. The quantitative estimate of drug-likeness (QED) is 0.802. The standard InChI is InChI=1S/C19H19BrN2O2/c1-13-12-14(8-9-16(13)20)21-17(23)19(10-11-19)18(24)22(2)15-6-4-3-5-7-15/h3-9,12H,10-11H2,1-2H3,(H,21,23). The highest BCUT2D eigenvalue weighted by Gasteiger charge is 2.57. The first-order valence-electron chi connectivity index (χ1n) is 7.85. The lowest BCUT2D eigenvalue weighted by Crippen LogP contribution is -2.41. The number of rotatable bonds is 4. The Kier molecular flexibility index (Phi) is 4.45. The van der Waals surface area contributed by atoms with Gasteiger partial charge in [0.2, 0.25) is 11.8 Å². The van der Waals surface area contributed by atoms with Crippen LogP contribution in [-0.4, -0.2) is 18.9 Å². The second-order valence-corrected chi connectivity index (χ2v) is 7.05. The molecule has 2 aromatic rings. The predicted octanol–water partition coefficient (Wildman–Crippen LogP) is 4.14. The number of halogens is 1. The normalized spacial score (nSPS) is 14.8. The molecule has 124 valence electrons. The number of aryl methyl sites for hydroxylation is 1. The van der Waals surface area contributed by atoms with E-state index >= 15 is 0 Å². The summed E-state index contributed by atoms with van der Waals surface area (Å²) >= 11 is 3.44. The monoisotopic (exact) mass is 386 g/mol. The molecule has 2 aromatic carbocycles. The number of benzene rings is 2. The summed E-state index contributed by atoms with van der Waals surface area (Å²) in [5.41, 5.74) is 1.60. The van der Waals surface area contributed by atoms with E-state index in [4.69, 9.17) is 0 Å². The van der Waals surface area contributed by atoms with Gasteiger partial charge in [-0.2, -0.15) is 0 Å². The molecular formula is C19H19BrN2O2. The third-order valence-electron chi connectivity index (χ3n) is 4.46. The average Bonchev–Trinajstić information content (AvgIpc) is 3.39. The van der Waals surface area contributed by atoms with Gasteiger partial charge in [0.15, 0.2) is 0 Å². The molecular weight excluding hydrogens is 368 g/mol. The molecule has 1 aliphatic carbocycles. The van der Waals surface area contributed by atoms with Crippen molar-refractivity contribution in [3.63, 3.8) is 0 Å². The molecule has 0 aliphatic heterocycles. The Morgan fingerprint density at radius 1 is 1.12 bits per heavy atom. The van der Waals surface area contributed by atoms with Gasteiger partial charge in [-0.25, -0.2) is 0 Å². The summed E-state index contributed by atoms with van der Waals surface area (Å²) in [6.45, 7) is 1.96. The Bertz CT molecular complexity index is 785. The Balaban J connectivity index is 1.76. The summed E-state index contributed by atoms with van der Waals surface area (Å²) in [5.74, 6) is -0.378. The molecule has 1 saturated carbocycles. The van der Waals surface area contributed by atoms with Crippen molar-refractivity contribution in [3.8, 4) is 0 Å². The molecule has 0 saturated heterocycles. The SMILES string of the molecule is Cc1cc(NC(=O)C2(C(=O)N(C)c3ccccc3)CC2)ccc1Br. The second-order valence-electron chi connectivity index (χ2n) is 6.20. The molecule has 0 heterocycles. The van der Waals surface area contributed by atoms with E-state index in [-0.39, 0.29) is 11.8 Å². The molecule has 0 atom stereocenters. The lowest BCUT2D eigenvalue weighted by Gasteiger charge is -2.23. The van der Waals surface area contributed by atoms with Crippen molar-refractivity contribution in [1.29, 1.82) is 0 Å². The number of hydrogen-bond acceptors (Lipinski definition) is 2. The van der Waals surface area contributed by atoms with Crippen LogP contribution < -0.4 is 10.2 Å². The molecule has 0 aromatic heterocycles. The summed E-state index contributed by atoms with van der Waals surface area (Å²) in [6, 6.07) is 15.0. The van der Waals surface area contributed by atoms with Gasteiger partial charge in [0.25, 0.3) is 0 Å².